The third-order valence-electron chi connectivity index (χ3n) is 8.83. The summed E-state index contributed by atoms with van der Waals surface area (Å²) in [5.41, 5.74) is 6.17. The first kappa shape index (κ1) is 47.1. The summed E-state index contributed by atoms with van der Waals surface area (Å²) >= 11 is 0. The number of hydrogen-bond acceptors (Lipinski definition) is 11. The summed E-state index contributed by atoms with van der Waals surface area (Å²) in [6.07, 6.45) is 2.07. The van der Waals surface area contributed by atoms with Gasteiger partial charge >= 0.3 is 18.1 Å². The van der Waals surface area contributed by atoms with E-state index < -0.39 is 59.8 Å². The Hall–Kier alpha value is -6.01. The zero-order valence-corrected chi connectivity index (χ0v) is 33.5. The molecule has 3 atom stereocenters. The summed E-state index contributed by atoms with van der Waals surface area (Å²) in [7, 11) is 2.98. The molecule has 0 spiro atoms. The SMILES string of the molecule is CNC(=O)[C@H](C(C)C)N(C)C(=O)OCc1ccc(NC(=O)[C@H](CCCNC(N)=O)NC(=O)[C@@H](NC(=O)CCCCCCC(=O)On2c(O)ccc2O)C(C)C)cc1. The molecule has 9 N–H and O–H groups in total. The van der Waals surface area contributed by atoms with E-state index in [-0.39, 0.29) is 56.1 Å². The Balaban J connectivity index is 1.93. The van der Waals surface area contributed by atoms with Crippen LogP contribution in [-0.2, 0) is 35.3 Å². The minimum Gasteiger partial charge on any atom is -0.492 e. The first-order valence-electron chi connectivity index (χ1n) is 18.9. The smallest absolute Gasteiger partial charge is 0.410 e. The van der Waals surface area contributed by atoms with Crippen molar-refractivity contribution in [2.45, 2.75) is 104 Å². The second-order valence-corrected chi connectivity index (χ2v) is 14.2. The quantitative estimate of drug-likeness (QED) is 0.0755. The van der Waals surface area contributed by atoms with Crippen LogP contribution in [0.2, 0.25) is 0 Å². The molecule has 0 aliphatic rings. The molecule has 0 aliphatic heterocycles. The molecule has 1 aromatic carbocycles. The van der Waals surface area contributed by atoms with Gasteiger partial charge in [0.25, 0.3) is 0 Å². The van der Waals surface area contributed by atoms with Crippen LogP contribution in [0.3, 0.4) is 0 Å². The Morgan fingerprint density at radius 2 is 1.40 bits per heavy atom. The van der Waals surface area contributed by atoms with E-state index >= 15 is 0 Å². The lowest BCUT2D eigenvalue weighted by Gasteiger charge is -2.28. The number of rotatable bonds is 23. The first-order valence-corrected chi connectivity index (χ1v) is 18.9. The van der Waals surface area contributed by atoms with Crippen LogP contribution in [0.15, 0.2) is 36.4 Å². The lowest BCUT2D eigenvalue weighted by atomic mass is 10.0. The van der Waals surface area contributed by atoms with Crippen molar-refractivity contribution in [2.24, 2.45) is 17.6 Å². The number of aromatic nitrogens is 1. The summed E-state index contributed by atoms with van der Waals surface area (Å²) in [5.74, 6) is -3.75. The molecule has 0 aliphatic carbocycles. The highest BCUT2D eigenvalue weighted by molar-refractivity contribution is 5.98. The van der Waals surface area contributed by atoms with Crippen LogP contribution in [0.4, 0.5) is 15.3 Å². The zero-order chi connectivity index (χ0) is 42.7. The van der Waals surface area contributed by atoms with Gasteiger partial charge in [0.2, 0.25) is 35.4 Å². The van der Waals surface area contributed by atoms with Gasteiger partial charge in [-0.15, -0.1) is 4.73 Å². The van der Waals surface area contributed by atoms with E-state index in [1.54, 1.807) is 38.1 Å². The lowest BCUT2D eigenvalue weighted by molar-refractivity contribution is -0.145. The van der Waals surface area contributed by atoms with E-state index in [1.807, 2.05) is 13.8 Å². The second kappa shape index (κ2) is 23.8. The number of likely N-dealkylation sites (N-methyl/N-ethyl adjacent to an activating group) is 2. The summed E-state index contributed by atoms with van der Waals surface area (Å²) in [4.78, 5) is 94.0. The number of nitrogens with two attached hydrogens (primary N) is 1. The highest BCUT2D eigenvalue weighted by atomic mass is 16.7. The fourth-order valence-electron chi connectivity index (χ4n) is 5.73. The molecule has 0 saturated carbocycles. The number of benzene rings is 1. The number of primary amides is 1. The molecule has 57 heavy (non-hydrogen) atoms. The molecule has 0 fully saturated rings. The van der Waals surface area contributed by atoms with Crippen molar-refractivity contribution in [3.05, 3.63) is 42.0 Å². The predicted molar refractivity (Wildman–Crippen MR) is 208 cm³/mol. The number of unbranched alkanes of at least 4 members (excludes halogenated alkanes) is 3. The first-order chi connectivity index (χ1) is 26.9. The van der Waals surface area contributed by atoms with E-state index in [2.05, 4.69) is 26.6 Å². The van der Waals surface area contributed by atoms with Crippen LogP contribution in [-0.4, -0.2) is 100 Å². The van der Waals surface area contributed by atoms with Gasteiger partial charge in [-0.1, -0.05) is 52.7 Å². The minimum atomic E-state index is -1.05. The Morgan fingerprint density at radius 1 is 0.789 bits per heavy atom. The van der Waals surface area contributed by atoms with Crippen molar-refractivity contribution < 1.29 is 53.3 Å². The van der Waals surface area contributed by atoms with Gasteiger partial charge in [0.1, 0.15) is 24.7 Å². The molecule has 2 rings (SSSR count). The second-order valence-electron chi connectivity index (χ2n) is 14.2. The molecule has 19 nitrogen and oxygen atoms in total. The van der Waals surface area contributed by atoms with E-state index in [9.17, 15) is 43.8 Å². The van der Waals surface area contributed by atoms with Crippen molar-refractivity contribution in [2.75, 3.05) is 26.0 Å². The Labute approximate surface area is 332 Å². The fraction of sp³-hybridized carbons (Fsp3) is 0.553. The van der Waals surface area contributed by atoms with Gasteiger partial charge in [-0.2, -0.15) is 0 Å². The molecule has 7 amide bonds. The van der Waals surface area contributed by atoms with Gasteiger partial charge in [-0.3, -0.25) is 24.1 Å². The van der Waals surface area contributed by atoms with Crippen molar-refractivity contribution in [1.29, 1.82) is 0 Å². The standard InChI is InChI=1S/C38H58N8O11/c1-23(2)32(44-28(47)13-9-7-8-10-14-31(50)57-46-29(48)19-20-30(46)49)35(52)43-27(12-11-21-41-37(39)54)34(51)42-26-17-15-25(16-18-26)22-56-38(55)45(6)33(24(3)4)36(53)40-5/h15-20,23-24,27,32-33,48-49H,7-14,21-22H2,1-6H3,(H,40,53)(H,42,51)(H,43,52)(H,44,47)(H3,39,41,54)/t27-,32-,33-/m0/s1. The predicted octanol–water partition coefficient (Wildman–Crippen LogP) is 2.25. The number of carbonyl (C=O) groups excluding carboxylic acids is 7. The van der Waals surface area contributed by atoms with Crippen LogP contribution in [0.25, 0.3) is 0 Å². The van der Waals surface area contributed by atoms with Crippen molar-refractivity contribution >= 4 is 47.4 Å². The maximum absolute atomic E-state index is 13.5. The van der Waals surface area contributed by atoms with E-state index in [1.165, 1.54) is 31.1 Å². The van der Waals surface area contributed by atoms with Gasteiger partial charge in [-0.25, -0.2) is 14.4 Å². The third kappa shape index (κ3) is 16.3. The molecule has 1 aromatic heterocycles. The number of amides is 7. The zero-order valence-electron chi connectivity index (χ0n) is 33.5. The highest BCUT2D eigenvalue weighted by Crippen LogP contribution is 2.19. The number of nitrogens with one attached hydrogen (secondary N) is 5. The van der Waals surface area contributed by atoms with Crippen LogP contribution in [0, 0.1) is 11.8 Å². The Kier molecular flexibility index (Phi) is 19.7. The monoisotopic (exact) mass is 802 g/mol. The molecule has 0 bridgehead atoms. The van der Waals surface area contributed by atoms with E-state index in [0.29, 0.717) is 48.1 Å². The fourth-order valence-corrected chi connectivity index (χ4v) is 5.73. The molecule has 1 heterocycles. The number of hydrogen-bond donors (Lipinski definition) is 8. The number of urea groups is 1. The molecule has 0 saturated heterocycles. The van der Waals surface area contributed by atoms with Crippen LogP contribution in [0.5, 0.6) is 11.8 Å². The number of nitrogens with zero attached hydrogens (tertiary/aromatic N) is 2. The van der Waals surface area contributed by atoms with Gasteiger partial charge in [0.05, 0.1) is 0 Å². The van der Waals surface area contributed by atoms with Crippen LogP contribution >= 0.6 is 0 Å². The van der Waals surface area contributed by atoms with Gasteiger partial charge in [0, 0.05) is 51.3 Å². The van der Waals surface area contributed by atoms with Crippen molar-refractivity contribution in [1.82, 2.24) is 30.9 Å². The third-order valence-corrected chi connectivity index (χ3v) is 8.83. The topological polar surface area (TPSA) is 273 Å². The summed E-state index contributed by atoms with van der Waals surface area (Å²) in [5, 5.41) is 32.4. The molecule has 316 valence electrons. The largest absolute Gasteiger partial charge is 0.492 e. The maximum Gasteiger partial charge on any atom is 0.410 e. The van der Waals surface area contributed by atoms with Crippen LogP contribution < -0.4 is 37.2 Å². The lowest BCUT2D eigenvalue weighted by Crippen LogP contribution is -2.54. The number of ether oxygens (including phenoxy) is 1. The molecule has 19 heteroatoms. The average molecular weight is 803 g/mol. The average Bonchev–Trinajstić information content (AvgIpc) is 3.47. The summed E-state index contributed by atoms with van der Waals surface area (Å²) < 4.78 is 6.02. The Bertz CT molecular complexity index is 1640. The van der Waals surface area contributed by atoms with Crippen molar-refractivity contribution in [3.8, 4) is 11.8 Å². The van der Waals surface area contributed by atoms with Gasteiger partial charge in [0.15, 0.2) is 0 Å². The van der Waals surface area contributed by atoms with Crippen LogP contribution in [0.1, 0.15) is 84.6 Å². The molecule has 2 aromatic rings. The number of carbonyl (C=O) groups is 7. The summed E-state index contributed by atoms with van der Waals surface area (Å²) in [6, 6.07) is 5.40. The van der Waals surface area contributed by atoms with Gasteiger partial charge < -0.3 is 52.1 Å². The normalized spacial score (nSPS) is 12.5. The molecule has 0 unspecified atom stereocenters. The van der Waals surface area contributed by atoms with Crippen molar-refractivity contribution in [3.63, 3.8) is 0 Å². The number of aromatic hydroxyl groups is 2. The van der Waals surface area contributed by atoms with Gasteiger partial charge in [-0.05, 0) is 55.2 Å². The minimum absolute atomic E-state index is 0.0358. The molecular formula is C38H58N8O11. The molecule has 0 radical (unpaired) electrons. The van der Waals surface area contributed by atoms with E-state index in [0.717, 1.165) is 0 Å². The van der Waals surface area contributed by atoms with E-state index in [4.69, 9.17) is 15.3 Å². The highest BCUT2D eigenvalue weighted by Gasteiger charge is 2.31. The maximum atomic E-state index is 13.5. The number of anilines is 1. The summed E-state index contributed by atoms with van der Waals surface area (Å²) in [6.45, 7) is 7.22. The Morgan fingerprint density at radius 3 is 1.96 bits per heavy atom. The molecular weight excluding hydrogens is 744 g/mol.